The SMILES string of the molecule is CN=C(NCCc1cc(C)ccc1OC)NCc1nc(-c2ccccc2)cs1. The number of nitrogens with one attached hydrogen (secondary N) is 2. The molecule has 0 saturated carbocycles. The molecule has 3 rings (SSSR count). The van der Waals surface area contributed by atoms with Gasteiger partial charge in [-0.3, -0.25) is 4.99 Å². The topological polar surface area (TPSA) is 58.5 Å². The number of methoxy groups -OCH3 is 1. The smallest absolute Gasteiger partial charge is 0.191 e. The lowest BCUT2D eigenvalue weighted by atomic mass is 10.1. The van der Waals surface area contributed by atoms with E-state index in [1.807, 2.05) is 24.3 Å². The van der Waals surface area contributed by atoms with Gasteiger partial charge in [0, 0.05) is 24.5 Å². The van der Waals surface area contributed by atoms with Crippen LogP contribution in [0, 0.1) is 6.92 Å². The van der Waals surface area contributed by atoms with E-state index in [1.165, 1.54) is 11.1 Å². The lowest BCUT2D eigenvalue weighted by Gasteiger charge is -2.13. The first-order chi connectivity index (χ1) is 13.7. The maximum atomic E-state index is 5.45. The number of ether oxygens (including phenoxy) is 1. The second-order valence-corrected chi connectivity index (χ2v) is 7.35. The van der Waals surface area contributed by atoms with Crippen molar-refractivity contribution in [1.82, 2.24) is 15.6 Å². The summed E-state index contributed by atoms with van der Waals surface area (Å²) >= 11 is 1.65. The lowest BCUT2D eigenvalue weighted by Crippen LogP contribution is -2.37. The van der Waals surface area contributed by atoms with Crippen molar-refractivity contribution in [2.75, 3.05) is 20.7 Å². The minimum Gasteiger partial charge on any atom is -0.496 e. The molecule has 28 heavy (non-hydrogen) atoms. The summed E-state index contributed by atoms with van der Waals surface area (Å²) in [6.07, 6.45) is 0.862. The Balaban J connectivity index is 1.50. The largest absolute Gasteiger partial charge is 0.496 e. The quantitative estimate of drug-likeness (QED) is 0.469. The molecule has 0 aliphatic carbocycles. The van der Waals surface area contributed by atoms with Gasteiger partial charge in [0.2, 0.25) is 0 Å². The molecule has 0 radical (unpaired) electrons. The normalized spacial score (nSPS) is 11.3. The molecular weight excluding hydrogens is 368 g/mol. The molecule has 2 N–H and O–H groups in total. The second-order valence-electron chi connectivity index (χ2n) is 6.41. The molecule has 2 aromatic carbocycles. The summed E-state index contributed by atoms with van der Waals surface area (Å²) in [6, 6.07) is 16.5. The number of aryl methyl sites for hydroxylation is 1. The number of aromatic nitrogens is 1. The summed E-state index contributed by atoms with van der Waals surface area (Å²) in [5.41, 5.74) is 4.57. The molecule has 0 amide bonds. The summed E-state index contributed by atoms with van der Waals surface area (Å²) in [5, 5.41) is 9.81. The number of rotatable bonds is 7. The number of hydrogen-bond acceptors (Lipinski definition) is 4. The van der Waals surface area contributed by atoms with E-state index >= 15 is 0 Å². The Hall–Kier alpha value is -2.86. The summed E-state index contributed by atoms with van der Waals surface area (Å²) in [5.74, 6) is 1.69. The molecule has 5 nitrogen and oxygen atoms in total. The van der Waals surface area contributed by atoms with Gasteiger partial charge in [0.1, 0.15) is 10.8 Å². The molecule has 0 fully saturated rings. The van der Waals surface area contributed by atoms with Crippen molar-refractivity contribution in [3.8, 4) is 17.0 Å². The molecule has 0 spiro atoms. The number of nitrogens with zero attached hydrogens (tertiary/aromatic N) is 2. The van der Waals surface area contributed by atoms with Crippen LogP contribution < -0.4 is 15.4 Å². The van der Waals surface area contributed by atoms with E-state index < -0.39 is 0 Å². The van der Waals surface area contributed by atoms with Gasteiger partial charge < -0.3 is 15.4 Å². The van der Waals surface area contributed by atoms with E-state index in [4.69, 9.17) is 9.72 Å². The van der Waals surface area contributed by atoms with Crippen molar-refractivity contribution in [3.63, 3.8) is 0 Å². The summed E-state index contributed by atoms with van der Waals surface area (Å²) in [7, 11) is 3.49. The zero-order chi connectivity index (χ0) is 19.8. The highest BCUT2D eigenvalue weighted by atomic mass is 32.1. The molecule has 0 aliphatic heterocycles. The number of aliphatic imine (C=N–C) groups is 1. The van der Waals surface area contributed by atoms with E-state index in [2.05, 4.69) is 52.2 Å². The van der Waals surface area contributed by atoms with Crippen LogP contribution in [0.3, 0.4) is 0 Å². The highest BCUT2D eigenvalue weighted by Gasteiger charge is 2.07. The summed E-state index contributed by atoms with van der Waals surface area (Å²) in [6.45, 7) is 3.51. The van der Waals surface area contributed by atoms with E-state index in [0.29, 0.717) is 6.54 Å². The van der Waals surface area contributed by atoms with Gasteiger partial charge in [-0.05, 0) is 25.0 Å². The first-order valence-electron chi connectivity index (χ1n) is 9.27. The minimum atomic E-state index is 0.644. The third kappa shape index (κ3) is 5.33. The van der Waals surface area contributed by atoms with Crippen LogP contribution in [0.1, 0.15) is 16.1 Å². The molecule has 0 saturated heterocycles. The lowest BCUT2D eigenvalue weighted by molar-refractivity contribution is 0.409. The van der Waals surface area contributed by atoms with Crippen molar-refractivity contribution in [2.45, 2.75) is 19.9 Å². The predicted molar refractivity (Wildman–Crippen MR) is 117 cm³/mol. The Kier molecular flexibility index (Phi) is 7.03. The first-order valence-corrected chi connectivity index (χ1v) is 10.2. The van der Waals surface area contributed by atoms with Crippen LogP contribution in [0.2, 0.25) is 0 Å². The fourth-order valence-corrected chi connectivity index (χ4v) is 3.67. The van der Waals surface area contributed by atoms with Gasteiger partial charge >= 0.3 is 0 Å². The van der Waals surface area contributed by atoms with Gasteiger partial charge in [-0.25, -0.2) is 4.98 Å². The molecule has 0 aliphatic rings. The van der Waals surface area contributed by atoms with E-state index in [0.717, 1.165) is 40.9 Å². The standard InChI is InChI=1S/C22H26N4OS/c1-16-9-10-20(27-3)18(13-16)11-12-24-22(23-2)25-14-21-26-19(15-28-21)17-7-5-4-6-8-17/h4-10,13,15H,11-12,14H2,1-3H3,(H2,23,24,25). The predicted octanol–water partition coefficient (Wildman–Crippen LogP) is 4.03. The van der Waals surface area contributed by atoms with Crippen LogP contribution >= 0.6 is 11.3 Å². The highest BCUT2D eigenvalue weighted by Crippen LogP contribution is 2.21. The molecule has 146 valence electrons. The zero-order valence-electron chi connectivity index (χ0n) is 16.5. The minimum absolute atomic E-state index is 0.644. The Labute approximate surface area is 170 Å². The van der Waals surface area contributed by atoms with Crippen molar-refractivity contribution in [3.05, 3.63) is 70.0 Å². The molecule has 1 heterocycles. The Morgan fingerprint density at radius 1 is 1.14 bits per heavy atom. The summed E-state index contributed by atoms with van der Waals surface area (Å²) in [4.78, 5) is 9.00. The molecular formula is C22H26N4OS. The average molecular weight is 395 g/mol. The van der Waals surface area contributed by atoms with Gasteiger partial charge in [-0.1, -0.05) is 48.0 Å². The highest BCUT2D eigenvalue weighted by molar-refractivity contribution is 7.09. The average Bonchev–Trinajstić information content (AvgIpc) is 3.20. The zero-order valence-corrected chi connectivity index (χ0v) is 17.3. The van der Waals surface area contributed by atoms with Crippen molar-refractivity contribution in [1.29, 1.82) is 0 Å². The number of benzene rings is 2. The van der Waals surface area contributed by atoms with Gasteiger partial charge in [-0.2, -0.15) is 0 Å². The Morgan fingerprint density at radius 2 is 1.96 bits per heavy atom. The van der Waals surface area contributed by atoms with Crippen LogP contribution in [0.4, 0.5) is 0 Å². The van der Waals surface area contributed by atoms with Crippen molar-refractivity contribution in [2.24, 2.45) is 4.99 Å². The Bertz CT molecular complexity index is 921. The Morgan fingerprint density at radius 3 is 2.71 bits per heavy atom. The molecule has 0 unspecified atom stereocenters. The first kappa shape index (κ1) is 19.9. The molecule has 0 bridgehead atoms. The maximum absolute atomic E-state index is 5.45. The fourth-order valence-electron chi connectivity index (χ4n) is 2.93. The number of hydrogen-bond donors (Lipinski definition) is 2. The van der Waals surface area contributed by atoms with E-state index in [1.54, 1.807) is 25.5 Å². The van der Waals surface area contributed by atoms with Crippen molar-refractivity contribution >= 4 is 17.3 Å². The van der Waals surface area contributed by atoms with Crippen LogP contribution in [-0.2, 0) is 13.0 Å². The fraction of sp³-hybridized carbons (Fsp3) is 0.273. The van der Waals surface area contributed by atoms with Crippen LogP contribution in [0.5, 0.6) is 5.75 Å². The van der Waals surface area contributed by atoms with Crippen LogP contribution in [-0.4, -0.2) is 31.6 Å². The molecule has 1 aromatic heterocycles. The van der Waals surface area contributed by atoms with Crippen LogP contribution in [0.25, 0.3) is 11.3 Å². The van der Waals surface area contributed by atoms with Crippen molar-refractivity contribution < 1.29 is 4.74 Å². The van der Waals surface area contributed by atoms with E-state index in [9.17, 15) is 0 Å². The summed E-state index contributed by atoms with van der Waals surface area (Å²) < 4.78 is 5.45. The van der Waals surface area contributed by atoms with Crippen LogP contribution in [0.15, 0.2) is 58.9 Å². The number of thiazole rings is 1. The number of guanidine groups is 1. The monoisotopic (exact) mass is 394 g/mol. The molecule has 0 atom stereocenters. The van der Waals surface area contributed by atoms with Gasteiger partial charge in [0.15, 0.2) is 5.96 Å². The van der Waals surface area contributed by atoms with Gasteiger partial charge in [-0.15, -0.1) is 11.3 Å². The van der Waals surface area contributed by atoms with Gasteiger partial charge in [0.25, 0.3) is 0 Å². The second kappa shape index (κ2) is 9.90. The van der Waals surface area contributed by atoms with Gasteiger partial charge in [0.05, 0.1) is 19.3 Å². The molecule has 3 aromatic rings. The molecule has 6 heteroatoms. The van der Waals surface area contributed by atoms with E-state index in [-0.39, 0.29) is 0 Å². The third-order valence-electron chi connectivity index (χ3n) is 4.37. The third-order valence-corrected chi connectivity index (χ3v) is 5.22. The maximum Gasteiger partial charge on any atom is 0.191 e.